The van der Waals surface area contributed by atoms with Gasteiger partial charge in [-0.1, -0.05) is 0 Å². The zero-order valence-electron chi connectivity index (χ0n) is 13.6. The molecular weight excluding hydrogens is 345 g/mol. The standard InChI is InChI=1S/C17H18FN3O3S/c1-2-24-16-4-3-11-21-12-14(20-17(16)21)9-10-19-25(22,23)15-7-5-13(18)6-8-15/h3-8,11-12,19H,2,9-10H2,1H3. The van der Waals surface area contributed by atoms with Crippen LogP contribution in [0.15, 0.2) is 53.7 Å². The number of fused-ring (bicyclic) bond motifs is 1. The van der Waals surface area contributed by atoms with Gasteiger partial charge in [0.25, 0.3) is 0 Å². The summed E-state index contributed by atoms with van der Waals surface area (Å²) in [5, 5.41) is 0. The molecule has 25 heavy (non-hydrogen) atoms. The van der Waals surface area contributed by atoms with Gasteiger partial charge < -0.3 is 9.14 Å². The van der Waals surface area contributed by atoms with E-state index < -0.39 is 15.8 Å². The summed E-state index contributed by atoms with van der Waals surface area (Å²) in [5.74, 6) is 0.205. The summed E-state index contributed by atoms with van der Waals surface area (Å²) in [6, 6.07) is 8.40. The van der Waals surface area contributed by atoms with Gasteiger partial charge >= 0.3 is 0 Å². The molecule has 3 rings (SSSR count). The number of pyridine rings is 1. The fourth-order valence-corrected chi connectivity index (χ4v) is 3.47. The molecule has 1 N–H and O–H groups in total. The van der Waals surface area contributed by atoms with Gasteiger partial charge in [-0.25, -0.2) is 22.5 Å². The molecule has 0 aliphatic rings. The van der Waals surface area contributed by atoms with Crippen LogP contribution >= 0.6 is 0 Å². The number of imidazole rings is 1. The van der Waals surface area contributed by atoms with Crippen molar-refractivity contribution < 1.29 is 17.5 Å². The van der Waals surface area contributed by atoms with Crippen LogP contribution in [0.3, 0.4) is 0 Å². The highest BCUT2D eigenvalue weighted by atomic mass is 32.2. The molecule has 0 amide bonds. The Kier molecular flexibility index (Phi) is 5.00. The number of nitrogens with zero attached hydrogens (tertiary/aromatic N) is 2. The van der Waals surface area contributed by atoms with Gasteiger partial charge in [0.2, 0.25) is 10.0 Å². The maximum absolute atomic E-state index is 12.9. The van der Waals surface area contributed by atoms with Crippen LogP contribution in [0, 0.1) is 5.82 Å². The maximum atomic E-state index is 12.9. The highest BCUT2D eigenvalue weighted by molar-refractivity contribution is 7.89. The van der Waals surface area contributed by atoms with Crippen molar-refractivity contribution in [1.29, 1.82) is 0 Å². The first-order valence-corrected chi connectivity index (χ1v) is 9.32. The van der Waals surface area contributed by atoms with E-state index in [-0.39, 0.29) is 11.4 Å². The number of ether oxygens (including phenoxy) is 1. The average Bonchev–Trinajstić information content (AvgIpc) is 2.99. The summed E-state index contributed by atoms with van der Waals surface area (Å²) in [5.41, 5.74) is 1.44. The quantitative estimate of drug-likeness (QED) is 0.700. The highest BCUT2D eigenvalue weighted by Crippen LogP contribution is 2.19. The van der Waals surface area contributed by atoms with Crippen LogP contribution in [-0.2, 0) is 16.4 Å². The monoisotopic (exact) mass is 363 g/mol. The van der Waals surface area contributed by atoms with Crippen molar-refractivity contribution in [3.8, 4) is 5.75 Å². The molecule has 0 aliphatic heterocycles. The Labute approximate surface area is 145 Å². The van der Waals surface area contributed by atoms with Crippen LogP contribution in [0.25, 0.3) is 5.65 Å². The zero-order valence-corrected chi connectivity index (χ0v) is 14.5. The Balaban J connectivity index is 1.68. The van der Waals surface area contributed by atoms with Gasteiger partial charge in [-0.05, 0) is 43.3 Å². The lowest BCUT2D eigenvalue weighted by molar-refractivity contribution is 0.342. The predicted molar refractivity (Wildman–Crippen MR) is 91.7 cm³/mol. The van der Waals surface area contributed by atoms with Crippen molar-refractivity contribution in [1.82, 2.24) is 14.1 Å². The topological polar surface area (TPSA) is 72.7 Å². The van der Waals surface area contributed by atoms with E-state index in [4.69, 9.17) is 4.74 Å². The Morgan fingerprint density at radius 1 is 1.24 bits per heavy atom. The second-order valence-electron chi connectivity index (χ2n) is 5.37. The Morgan fingerprint density at radius 3 is 2.72 bits per heavy atom. The first kappa shape index (κ1) is 17.4. The fourth-order valence-electron chi connectivity index (χ4n) is 2.44. The van der Waals surface area contributed by atoms with Crippen LogP contribution in [0.2, 0.25) is 0 Å². The van der Waals surface area contributed by atoms with Gasteiger partial charge in [-0.3, -0.25) is 0 Å². The molecule has 0 saturated heterocycles. The number of sulfonamides is 1. The van der Waals surface area contributed by atoms with E-state index in [1.54, 1.807) is 0 Å². The van der Waals surface area contributed by atoms with Gasteiger partial charge in [-0.2, -0.15) is 0 Å². The molecule has 0 unspecified atom stereocenters. The number of hydrogen-bond donors (Lipinski definition) is 1. The number of halogens is 1. The summed E-state index contributed by atoms with van der Waals surface area (Å²) in [7, 11) is -3.67. The van der Waals surface area contributed by atoms with Gasteiger partial charge in [0.15, 0.2) is 11.4 Å². The van der Waals surface area contributed by atoms with Gasteiger partial charge in [0, 0.05) is 25.4 Å². The van der Waals surface area contributed by atoms with Crippen molar-refractivity contribution in [2.45, 2.75) is 18.2 Å². The zero-order chi connectivity index (χ0) is 17.9. The van der Waals surface area contributed by atoms with Crippen molar-refractivity contribution >= 4 is 15.7 Å². The largest absolute Gasteiger partial charge is 0.490 e. The van der Waals surface area contributed by atoms with E-state index >= 15 is 0 Å². The lowest BCUT2D eigenvalue weighted by atomic mass is 10.3. The van der Waals surface area contributed by atoms with E-state index in [9.17, 15) is 12.8 Å². The van der Waals surface area contributed by atoms with E-state index in [0.717, 1.165) is 17.8 Å². The Hall–Kier alpha value is -2.45. The first-order chi connectivity index (χ1) is 12.0. The molecule has 0 bridgehead atoms. The minimum atomic E-state index is -3.67. The van der Waals surface area contributed by atoms with Gasteiger partial charge in [-0.15, -0.1) is 0 Å². The minimum Gasteiger partial charge on any atom is -0.490 e. The second-order valence-corrected chi connectivity index (χ2v) is 7.14. The fraction of sp³-hybridized carbons (Fsp3) is 0.235. The summed E-state index contributed by atoms with van der Waals surface area (Å²) in [6.45, 7) is 2.63. The molecule has 0 radical (unpaired) electrons. The van der Waals surface area contributed by atoms with E-state index in [2.05, 4.69) is 9.71 Å². The van der Waals surface area contributed by atoms with Crippen LogP contribution in [-0.4, -0.2) is 31.0 Å². The number of hydrogen-bond acceptors (Lipinski definition) is 4. The van der Waals surface area contributed by atoms with Crippen LogP contribution in [0.1, 0.15) is 12.6 Å². The molecule has 0 fully saturated rings. The third-order valence-electron chi connectivity index (χ3n) is 3.59. The third kappa shape index (κ3) is 3.97. The number of aromatic nitrogens is 2. The van der Waals surface area contributed by atoms with Crippen molar-refractivity contribution in [2.24, 2.45) is 0 Å². The average molecular weight is 363 g/mol. The molecular formula is C17H18FN3O3S. The van der Waals surface area contributed by atoms with Crippen LogP contribution in [0.5, 0.6) is 5.75 Å². The molecule has 2 aromatic heterocycles. The second kappa shape index (κ2) is 7.20. The molecule has 132 valence electrons. The number of rotatable bonds is 7. The smallest absolute Gasteiger partial charge is 0.240 e. The van der Waals surface area contributed by atoms with Gasteiger partial charge in [0.1, 0.15) is 5.82 Å². The summed E-state index contributed by atoms with van der Waals surface area (Å²) < 4.78 is 47.1. The molecule has 0 saturated carbocycles. The normalized spacial score (nSPS) is 11.8. The first-order valence-electron chi connectivity index (χ1n) is 7.84. The minimum absolute atomic E-state index is 0.0301. The third-order valence-corrected chi connectivity index (χ3v) is 5.07. The molecule has 8 heteroatoms. The maximum Gasteiger partial charge on any atom is 0.240 e. The number of nitrogens with one attached hydrogen (secondary N) is 1. The molecule has 1 aromatic carbocycles. The van der Waals surface area contributed by atoms with Crippen LogP contribution in [0.4, 0.5) is 4.39 Å². The predicted octanol–water partition coefficient (Wildman–Crippen LogP) is 2.39. The van der Waals surface area contributed by atoms with E-state index in [0.29, 0.717) is 24.4 Å². The Bertz CT molecular complexity index is 968. The summed E-state index contributed by atoms with van der Waals surface area (Å²) in [6.07, 6.45) is 4.12. The molecule has 0 spiro atoms. The van der Waals surface area contributed by atoms with Crippen molar-refractivity contribution in [3.05, 3.63) is 60.3 Å². The molecule has 2 heterocycles. The lowest BCUT2D eigenvalue weighted by Gasteiger charge is -2.05. The summed E-state index contributed by atoms with van der Waals surface area (Å²) >= 11 is 0. The number of benzene rings is 1. The molecule has 0 aliphatic carbocycles. The lowest BCUT2D eigenvalue weighted by Crippen LogP contribution is -2.26. The van der Waals surface area contributed by atoms with Gasteiger partial charge in [0.05, 0.1) is 17.2 Å². The molecule has 6 nitrogen and oxygen atoms in total. The summed E-state index contributed by atoms with van der Waals surface area (Å²) in [4.78, 5) is 4.52. The van der Waals surface area contributed by atoms with Crippen molar-refractivity contribution in [2.75, 3.05) is 13.2 Å². The van der Waals surface area contributed by atoms with Crippen LogP contribution < -0.4 is 9.46 Å². The Morgan fingerprint density at radius 2 is 2.00 bits per heavy atom. The van der Waals surface area contributed by atoms with Crippen molar-refractivity contribution in [3.63, 3.8) is 0 Å². The SMILES string of the molecule is CCOc1cccn2cc(CCNS(=O)(=O)c3ccc(F)cc3)nc12. The van der Waals surface area contributed by atoms with E-state index in [1.807, 2.05) is 35.9 Å². The highest BCUT2D eigenvalue weighted by Gasteiger charge is 2.14. The molecule has 3 aromatic rings. The van der Waals surface area contributed by atoms with E-state index in [1.165, 1.54) is 12.1 Å². The molecule has 0 atom stereocenters.